The maximum absolute atomic E-state index is 5.23. The van der Waals surface area contributed by atoms with E-state index in [4.69, 9.17) is 12.2 Å². The molecule has 4 nitrogen and oxygen atoms in total. The summed E-state index contributed by atoms with van der Waals surface area (Å²) in [6, 6.07) is 0. The molecule has 0 aliphatic carbocycles. The molecule has 0 aromatic carbocycles. The van der Waals surface area contributed by atoms with Gasteiger partial charge in [0.15, 0.2) is 4.77 Å². The van der Waals surface area contributed by atoms with Crippen LogP contribution in [0.25, 0.3) is 0 Å². The number of rotatable bonds is 5. The van der Waals surface area contributed by atoms with Crippen molar-refractivity contribution in [2.24, 2.45) is 0 Å². The predicted octanol–water partition coefficient (Wildman–Crippen LogP) is 2.90. The molecule has 1 N–H and O–H groups in total. The number of thiazole rings is 1. The molecule has 0 radical (unpaired) electrons. The van der Waals surface area contributed by atoms with Crippen molar-refractivity contribution in [1.82, 2.24) is 19.7 Å². The lowest BCUT2D eigenvalue weighted by atomic mass is 10.3. The quantitative estimate of drug-likeness (QED) is 0.848. The molecule has 2 aromatic rings. The standard InChI is InChI=1S/C11H16N4S2/c1-3-4-10-13-14-11(16)15(10)6-5-9-7-17-8(2)12-9/h7H,3-6H2,1-2H3,(H,14,16). The molecular weight excluding hydrogens is 252 g/mol. The second-order valence-corrected chi connectivity index (χ2v) is 5.40. The Labute approximate surface area is 110 Å². The normalized spacial score (nSPS) is 10.9. The van der Waals surface area contributed by atoms with Gasteiger partial charge in [-0.15, -0.1) is 11.3 Å². The number of nitrogens with one attached hydrogen (secondary N) is 1. The number of aromatic nitrogens is 4. The predicted molar refractivity (Wildman–Crippen MR) is 72.0 cm³/mol. The van der Waals surface area contributed by atoms with Gasteiger partial charge in [-0.2, -0.15) is 5.10 Å². The second-order valence-electron chi connectivity index (χ2n) is 3.95. The van der Waals surface area contributed by atoms with E-state index < -0.39 is 0 Å². The van der Waals surface area contributed by atoms with E-state index in [-0.39, 0.29) is 0 Å². The topological polar surface area (TPSA) is 46.5 Å². The van der Waals surface area contributed by atoms with Crippen molar-refractivity contribution in [3.05, 3.63) is 26.7 Å². The lowest BCUT2D eigenvalue weighted by Gasteiger charge is -2.04. The lowest BCUT2D eigenvalue weighted by molar-refractivity contribution is 0.631. The highest BCUT2D eigenvalue weighted by Crippen LogP contribution is 2.10. The van der Waals surface area contributed by atoms with Crippen LogP contribution in [0.3, 0.4) is 0 Å². The van der Waals surface area contributed by atoms with Crippen molar-refractivity contribution in [1.29, 1.82) is 0 Å². The highest BCUT2D eigenvalue weighted by Gasteiger charge is 2.06. The minimum absolute atomic E-state index is 0.709. The Morgan fingerprint density at radius 2 is 2.29 bits per heavy atom. The van der Waals surface area contributed by atoms with E-state index in [1.165, 1.54) is 0 Å². The third-order valence-corrected chi connectivity index (χ3v) is 3.70. The van der Waals surface area contributed by atoms with E-state index in [9.17, 15) is 0 Å². The number of aromatic amines is 1. The fraction of sp³-hybridized carbons (Fsp3) is 0.545. The summed E-state index contributed by atoms with van der Waals surface area (Å²) in [4.78, 5) is 4.46. The molecule has 0 atom stereocenters. The van der Waals surface area contributed by atoms with Gasteiger partial charge in [0.2, 0.25) is 0 Å². The number of hydrogen-bond donors (Lipinski definition) is 1. The van der Waals surface area contributed by atoms with Gasteiger partial charge >= 0.3 is 0 Å². The Morgan fingerprint density at radius 1 is 1.47 bits per heavy atom. The van der Waals surface area contributed by atoms with Crippen LogP contribution >= 0.6 is 23.6 Å². The summed E-state index contributed by atoms with van der Waals surface area (Å²) in [6.07, 6.45) is 2.95. The van der Waals surface area contributed by atoms with E-state index in [2.05, 4.69) is 32.1 Å². The molecule has 0 aliphatic rings. The molecule has 0 bridgehead atoms. The van der Waals surface area contributed by atoms with E-state index in [0.717, 1.165) is 42.3 Å². The third-order valence-electron chi connectivity index (χ3n) is 2.57. The summed E-state index contributed by atoms with van der Waals surface area (Å²) in [5.74, 6) is 1.05. The van der Waals surface area contributed by atoms with Crippen molar-refractivity contribution < 1.29 is 0 Å². The Morgan fingerprint density at radius 3 is 2.94 bits per heavy atom. The SMILES string of the molecule is CCCc1n[nH]c(=S)n1CCc1csc(C)n1. The zero-order chi connectivity index (χ0) is 12.3. The summed E-state index contributed by atoms with van der Waals surface area (Å²) in [7, 11) is 0. The first kappa shape index (κ1) is 12.4. The first-order chi connectivity index (χ1) is 8.20. The molecule has 6 heteroatoms. The molecule has 2 heterocycles. The molecule has 0 saturated carbocycles. The van der Waals surface area contributed by atoms with Gasteiger partial charge in [0.1, 0.15) is 5.82 Å². The van der Waals surface area contributed by atoms with Crippen LogP contribution in [-0.2, 0) is 19.4 Å². The molecule has 2 aromatic heterocycles. The minimum atomic E-state index is 0.709. The van der Waals surface area contributed by atoms with Gasteiger partial charge in [-0.25, -0.2) is 4.98 Å². The largest absolute Gasteiger partial charge is 0.304 e. The first-order valence-corrected chi connectivity index (χ1v) is 7.04. The summed E-state index contributed by atoms with van der Waals surface area (Å²) < 4.78 is 2.79. The smallest absolute Gasteiger partial charge is 0.195 e. The van der Waals surface area contributed by atoms with Gasteiger partial charge in [-0.1, -0.05) is 6.92 Å². The Hall–Kier alpha value is -1.01. The molecule has 0 amide bonds. The van der Waals surface area contributed by atoms with Crippen LogP contribution in [0.1, 0.15) is 29.9 Å². The van der Waals surface area contributed by atoms with Gasteiger partial charge in [0, 0.05) is 24.8 Å². The average Bonchev–Trinajstić information content (AvgIpc) is 2.85. The van der Waals surface area contributed by atoms with E-state index in [0.29, 0.717) is 4.77 Å². The molecule has 17 heavy (non-hydrogen) atoms. The van der Waals surface area contributed by atoms with Crippen LogP contribution in [0.15, 0.2) is 5.38 Å². The van der Waals surface area contributed by atoms with Gasteiger partial charge < -0.3 is 4.57 Å². The minimum Gasteiger partial charge on any atom is -0.304 e. The molecule has 0 unspecified atom stereocenters. The monoisotopic (exact) mass is 268 g/mol. The summed E-state index contributed by atoms with van der Waals surface area (Å²) in [6.45, 7) is 5.03. The zero-order valence-corrected chi connectivity index (χ0v) is 11.7. The molecule has 0 fully saturated rings. The summed E-state index contributed by atoms with van der Waals surface area (Å²) >= 11 is 6.93. The van der Waals surface area contributed by atoms with Crippen molar-refractivity contribution in [3.63, 3.8) is 0 Å². The van der Waals surface area contributed by atoms with E-state index >= 15 is 0 Å². The highest BCUT2D eigenvalue weighted by atomic mass is 32.1. The van der Waals surface area contributed by atoms with Crippen LogP contribution in [-0.4, -0.2) is 19.7 Å². The van der Waals surface area contributed by atoms with E-state index in [1.54, 1.807) is 11.3 Å². The molecular formula is C11H16N4S2. The number of aryl methyl sites for hydroxylation is 3. The molecule has 2 rings (SSSR count). The number of nitrogens with zero attached hydrogens (tertiary/aromatic N) is 3. The maximum atomic E-state index is 5.23. The van der Waals surface area contributed by atoms with Crippen molar-refractivity contribution in [2.45, 2.75) is 39.7 Å². The maximum Gasteiger partial charge on any atom is 0.195 e. The van der Waals surface area contributed by atoms with Crippen LogP contribution in [0.4, 0.5) is 0 Å². The van der Waals surface area contributed by atoms with Gasteiger partial charge in [-0.05, 0) is 25.6 Å². The molecule has 92 valence electrons. The lowest BCUT2D eigenvalue weighted by Crippen LogP contribution is -2.06. The average molecular weight is 268 g/mol. The highest BCUT2D eigenvalue weighted by molar-refractivity contribution is 7.71. The zero-order valence-electron chi connectivity index (χ0n) is 10.1. The summed E-state index contributed by atoms with van der Waals surface area (Å²) in [5.41, 5.74) is 1.14. The Bertz CT molecular complexity index is 538. The van der Waals surface area contributed by atoms with Crippen LogP contribution in [0.5, 0.6) is 0 Å². The number of hydrogen-bond acceptors (Lipinski definition) is 4. The molecule has 0 saturated heterocycles. The van der Waals surface area contributed by atoms with Crippen LogP contribution in [0, 0.1) is 11.7 Å². The van der Waals surface area contributed by atoms with Crippen LogP contribution in [0.2, 0.25) is 0 Å². The second kappa shape index (κ2) is 5.55. The first-order valence-electron chi connectivity index (χ1n) is 5.75. The molecule has 0 aliphatic heterocycles. The van der Waals surface area contributed by atoms with Crippen molar-refractivity contribution in [2.75, 3.05) is 0 Å². The van der Waals surface area contributed by atoms with Crippen LogP contribution < -0.4 is 0 Å². The number of H-pyrrole nitrogens is 1. The Kier molecular flexibility index (Phi) is 4.06. The summed E-state index contributed by atoms with van der Waals surface area (Å²) in [5, 5.41) is 10.3. The van der Waals surface area contributed by atoms with Gasteiger partial charge in [-0.3, -0.25) is 5.10 Å². The van der Waals surface area contributed by atoms with E-state index in [1.807, 2.05) is 6.92 Å². The Balaban J connectivity index is 2.08. The fourth-order valence-electron chi connectivity index (χ4n) is 1.74. The van der Waals surface area contributed by atoms with Gasteiger partial charge in [0.05, 0.1) is 10.7 Å². The van der Waals surface area contributed by atoms with Crippen molar-refractivity contribution in [3.8, 4) is 0 Å². The van der Waals surface area contributed by atoms with Gasteiger partial charge in [0.25, 0.3) is 0 Å². The van der Waals surface area contributed by atoms with Crippen molar-refractivity contribution >= 4 is 23.6 Å². The molecule has 0 spiro atoms. The third kappa shape index (κ3) is 3.01. The fourth-order valence-corrected chi connectivity index (χ4v) is 2.63.